The van der Waals surface area contributed by atoms with E-state index >= 15 is 0 Å². The molecule has 0 bridgehead atoms. The molecule has 2 saturated heterocycles. The van der Waals surface area contributed by atoms with Crippen LogP contribution in [-0.4, -0.2) is 41.7 Å². The van der Waals surface area contributed by atoms with E-state index in [0.29, 0.717) is 12.1 Å². The molecule has 0 aromatic heterocycles. The number of carbonyl (C=O) groups is 1. The van der Waals surface area contributed by atoms with Gasteiger partial charge < -0.3 is 24.8 Å². The number of benzene rings is 4. The van der Waals surface area contributed by atoms with E-state index in [1.807, 2.05) is 54.6 Å². The Morgan fingerprint density at radius 2 is 1.43 bits per heavy atom. The minimum atomic E-state index is -0.493. The van der Waals surface area contributed by atoms with Gasteiger partial charge >= 0.3 is 0 Å². The second-order valence-corrected chi connectivity index (χ2v) is 12.7. The van der Waals surface area contributed by atoms with Gasteiger partial charge in [0.2, 0.25) is 0 Å². The Morgan fingerprint density at radius 1 is 0.783 bits per heavy atom. The molecule has 0 saturated carbocycles. The van der Waals surface area contributed by atoms with Crippen LogP contribution in [0.4, 0.5) is 0 Å². The molecule has 0 radical (unpaired) electrons. The molecule has 6 rings (SSSR count). The third-order valence-electron chi connectivity index (χ3n) is 9.50. The molecule has 6 nitrogen and oxygen atoms in total. The maximum absolute atomic E-state index is 12.7. The Bertz CT molecular complexity index is 1530. The Hall–Kier alpha value is -3.81. The zero-order valence-electron chi connectivity index (χ0n) is 26.8. The molecule has 46 heavy (non-hydrogen) atoms. The van der Waals surface area contributed by atoms with Crippen molar-refractivity contribution in [1.29, 1.82) is 0 Å². The third-order valence-corrected chi connectivity index (χ3v) is 9.50. The smallest absolute Gasteiger partial charge is 0.251 e. The van der Waals surface area contributed by atoms with Crippen LogP contribution in [0.25, 0.3) is 11.1 Å². The van der Waals surface area contributed by atoms with Crippen LogP contribution in [0.3, 0.4) is 0 Å². The van der Waals surface area contributed by atoms with Crippen molar-refractivity contribution >= 4 is 5.91 Å². The summed E-state index contributed by atoms with van der Waals surface area (Å²) >= 11 is 0. The first-order chi connectivity index (χ1) is 22.6. The van der Waals surface area contributed by atoms with Crippen molar-refractivity contribution in [3.05, 3.63) is 131 Å². The van der Waals surface area contributed by atoms with E-state index in [1.165, 1.54) is 32.1 Å². The number of ether oxygens (including phenoxy) is 2. The van der Waals surface area contributed by atoms with Crippen LogP contribution < -0.4 is 5.32 Å². The number of carbonyl (C=O) groups excluding carboxylic acids is 1. The van der Waals surface area contributed by atoms with Crippen molar-refractivity contribution in [2.24, 2.45) is 5.92 Å². The van der Waals surface area contributed by atoms with E-state index in [4.69, 9.17) is 9.47 Å². The molecule has 4 aromatic rings. The summed E-state index contributed by atoms with van der Waals surface area (Å²) in [4.78, 5) is 15.3. The molecule has 1 amide bonds. The zero-order chi connectivity index (χ0) is 31.7. The number of hydrogen-bond donors (Lipinski definition) is 2. The largest absolute Gasteiger partial charge is 0.392 e. The van der Waals surface area contributed by atoms with Gasteiger partial charge in [0.1, 0.15) is 0 Å². The summed E-state index contributed by atoms with van der Waals surface area (Å²) in [5.41, 5.74) is 6.85. The molecule has 6 heteroatoms. The fourth-order valence-electron chi connectivity index (χ4n) is 6.72. The summed E-state index contributed by atoms with van der Waals surface area (Å²) in [7, 11) is 0. The summed E-state index contributed by atoms with van der Waals surface area (Å²) in [6.07, 6.45) is 5.84. The first kappa shape index (κ1) is 32.1. The average molecular weight is 619 g/mol. The predicted molar refractivity (Wildman–Crippen MR) is 182 cm³/mol. The van der Waals surface area contributed by atoms with Crippen LogP contribution in [0.15, 0.2) is 103 Å². The van der Waals surface area contributed by atoms with Gasteiger partial charge in [-0.3, -0.25) is 4.79 Å². The van der Waals surface area contributed by atoms with Gasteiger partial charge in [0.05, 0.1) is 18.8 Å². The van der Waals surface area contributed by atoms with Crippen molar-refractivity contribution in [2.75, 3.05) is 19.6 Å². The monoisotopic (exact) mass is 618 g/mol. The van der Waals surface area contributed by atoms with Crippen molar-refractivity contribution in [1.82, 2.24) is 10.2 Å². The standard InChI is InChI=1S/C40H46N2O4/c1-29-37(27-42-24-10-3-2-4-11-25-42)45-40(46-38(29)32-18-16-30(28-43)17-19-32)34-22-20-31(21-23-34)36-15-9-8-14-35(36)26-41-39(44)33-12-6-5-7-13-33/h5-9,12-23,29,37-38,40,43H,2-4,10-11,24-28H2,1H3,(H,41,44)/t29-,37+,38+,40+/m0/s1. The van der Waals surface area contributed by atoms with Gasteiger partial charge in [-0.1, -0.05) is 117 Å². The van der Waals surface area contributed by atoms with Crippen LogP contribution in [0.1, 0.15) is 84.0 Å². The first-order valence-electron chi connectivity index (χ1n) is 16.8. The number of rotatable bonds is 9. The summed E-state index contributed by atoms with van der Waals surface area (Å²) in [6, 6.07) is 34.1. The Morgan fingerprint density at radius 3 is 2.15 bits per heavy atom. The maximum Gasteiger partial charge on any atom is 0.251 e. The van der Waals surface area contributed by atoms with E-state index in [-0.39, 0.29) is 30.6 Å². The lowest BCUT2D eigenvalue weighted by Gasteiger charge is -2.43. The lowest BCUT2D eigenvalue weighted by atomic mass is 9.89. The highest BCUT2D eigenvalue weighted by molar-refractivity contribution is 5.94. The number of aliphatic hydroxyl groups excluding tert-OH is 1. The van der Waals surface area contributed by atoms with Crippen LogP contribution >= 0.6 is 0 Å². The van der Waals surface area contributed by atoms with Crippen molar-refractivity contribution < 1.29 is 19.4 Å². The molecule has 2 aliphatic heterocycles. The second kappa shape index (κ2) is 15.7. The van der Waals surface area contributed by atoms with Gasteiger partial charge in [0, 0.05) is 30.1 Å². The molecule has 2 aliphatic rings. The quantitative estimate of drug-likeness (QED) is 0.200. The van der Waals surface area contributed by atoms with Crippen LogP contribution in [0, 0.1) is 5.92 Å². The molecule has 240 valence electrons. The van der Waals surface area contributed by atoms with Gasteiger partial charge in [0.25, 0.3) is 5.91 Å². The van der Waals surface area contributed by atoms with Crippen LogP contribution in [0.2, 0.25) is 0 Å². The van der Waals surface area contributed by atoms with Gasteiger partial charge in [0.15, 0.2) is 6.29 Å². The predicted octanol–water partition coefficient (Wildman–Crippen LogP) is 7.83. The van der Waals surface area contributed by atoms with Crippen molar-refractivity contribution in [2.45, 2.75) is 70.7 Å². The minimum absolute atomic E-state index is 0.0225. The number of aliphatic hydroxyl groups is 1. The summed E-state index contributed by atoms with van der Waals surface area (Å²) < 4.78 is 13.5. The van der Waals surface area contributed by atoms with Crippen molar-refractivity contribution in [3.8, 4) is 11.1 Å². The fraction of sp³-hybridized carbons (Fsp3) is 0.375. The van der Waals surface area contributed by atoms with E-state index in [0.717, 1.165) is 53.0 Å². The van der Waals surface area contributed by atoms with E-state index in [9.17, 15) is 9.90 Å². The highest BCUT2D eigenvalue weighted by Gasteiger charge is 2.39. The molecule has 4 atom stereocenters. The lowest BCUT2D eigenvalue weighted by molar-refractivity contribution is -0.276. The average Bonchev–Trinajstić information content (AvgIpc) is 3.10. The molecule has 2 fully saturated rings. The highest BCUT2D eigenvalue weighted by Crippen LogP contribution is 2.42. The molecule has 0 unspecified atom stereocenters. The normalized spacial score (nSPS) is 22.5. The second-order valence-electron chi connectivity index (χ2n) is 12.7. The Kier molecular flexibility index (Phi) is 10.9. The minimum Gasteiger partial charge on any atom is -0.392 e. The molecule has 0 aliphatic carbocycles. The van der Waals surface area contributed by atoms with E-state index in [2.05, 4.69) is 65.7 Å². The SMILES string of the molecule is C[C@H]1[C@@H](CN2CCCCCCC2)O[C@@H](c2ccc(-c3ccccc3CNC(=O)c3ccccc3)cc2)O[C@H]1c1ccc(CO)cc1. The number of nitrogens with zero attached hydrogens (tertiary/aromatic N) is 1. The number of amides is 1. The van der Waals surface area contributed by atoms with Gasteiger partial charge in [-0.05, 0) is 65.9 Å². The number of hydrogen-bond acceptors (Lipinski definition) is 5. The summed E-state index contributed by atoms with van der Waals surface area (Å²) in [6.45, 7) is 5.84. The van der Waals surface area contributed by atoms with Crippen LogP contribution in [-0.2, 0) is 22.6 Å². The molecule has 2 heterocycles. The molecule has 2 N–H and O–H groups in total. The Balaban J connectivity index is 1.21. The van der Waals surface area contributed by atoms with E-state index in [1.54, 1.807) is 0 Å². The summed E-state index contributed by atoms with van der Waals surface area (Å²) in [5, 5.41) is 12.7. The molecular formula is C40H46N2O4. The van der Waals surface area contributed by atoms with Crippen LogP contribution in [0.5, 0.6) is 0 Å². The maximum atomic E-state index is 12.7. The number of likely N-dealkylation sites (tertiary alicyclic amines) is 1. The van der Waals surface area contributed by atoms with Gasteiger partial charge in [-0.25, -0.2) is 0 Å². The highest BCUT2D eigenvalue weighted by atomic mass is 16.7. The topological polar surface area (TPSA) is 71.0 Å². The lowest BCUT2D eigenvalue weighted by Crippen LogP contribution is -2.45. The molecule has 0 spiro atoms. The van der Waals surface area contributed by atoms with Gasteiger partial charge in [-0.2, -0.15) is 0 Å². The Labute approximate surface area is 273 Å². The summed E-state index contributed by atoms with van der Waals surface area (Å²) in [5.74, 6) is 0.0799. The number of nitrogens with one attached hydrogen (secondary N) is 1. The zero-order valence-corrected chi connectivity index (χ0v) is 26.8. The first-order valence-corrected chi connectivity index (χ1v) is 16.8. The van der Waals surface area contributed by atoms with Crippen molar-refractivity contribution in [3.63, 3.8) is 0 Å². The molecule has 4 aromatic carbocycles. The van der Waals surface area contributed by atoms with Gasteiger partial charge in [-0.15, -0.1) is 0 Å². The van der Waals surface area contributed by atoms with E-state index < -0.39 is 6.29 Å². The fourth-order valence-corrected chi connectivity index (χ4v) is 6.72. The molecular weight excluding hydrogens is 572 g/mol. The third kappa shape index (κ3) is 7.94.